The molecule has 2 aromatic rings. The van der Waals surface area contributed by atoms with Gasteiger partial charge in [-0.1, -0.05) is 64.8 Å². The number of nitrogens with zero attached hydrogens (tertiary/aromatic N) is 1. The molecule has 34 heavy (non-hydrogen) atoms. The zero-order valence-electron chi connectivity index (χ0n) is 17.9. The fourth-order valence-corrected chi connectivity index (χ4v) is 3.88. The van der Waals surface area contributed by atoms with Crippen molar-refractivity contribution in [3.05, 3.63) is 69.7 Å². The number of oxime groups is 1. The van der Waals surface area contributed by atoms with Crippen LogP contribution in [0.4, 0.5) is 0 Å². The van der Waals surface area contributed by atoms with Crippen molar-refractivity contribution < 1.29 is 28.8 Å². The Morgan fingerprint density at radius 1 is 1.09 bits per heavy atom. The van der Waals surface area contributed by atoms with E-state index in [2.05, 4.69) is 15.8 Å². The second-order valence-electron chi connectivity index (χ2n) is 7.48. The molecule has 1 atom stereocenters. The van der Waals surface area contributed by atoms with Gasteiger partial charge in [0.05, 0.1) is 34.4 Å². The Morgan fingerprint density at radius 3 is 2.47 bits per heavy atom. The normalized spacial score (nSPS) is 16.7. The van der Waals surface area contributed by atoms with E-state index in [4.69, 9.17) is 32.8 Å². The summed E-state index contributed by atoms with van der Waals surface area (Å²) in [6, 6.07) is 13.7. The van der Waals surface area contributed by atoms with Gasteiger partial charge in [0.2, 0.25) is 12.0 Å². The molecule has 0 aliphatic carbocycles. The summed E-state index contributed by atoms with van der Waals surface area (Å²) in [4.78, 5) is 53.6. The predicted molar refractivity (Wildman–Crippen MR) is 125 cm³/mol. The largest absolute Gasteiger partial charge is 0.454 e. The molecule has 11 heteroatoms. The highest BCUT2D eigenvalue weighted by atomic mass is 35.5. The zero-order chi connectivity index (χ0) is 24.6. The molecule has 0 radical (unpaired) electrons. The lowest BCUT2D eigenvalue weighted by Crippen LogP contribution is -2.50. The molecule has 1 aliphatic rings. The third-order valence-corrected chi connectivity index (χ3v) is 5.58. The molecule has 178 valence electrons. The molecule has 2 amide bonds. The number of rotatable bonds is 11. The summed E-state index contributed by atoms with van der Waals surface area (Å²) in [7, 11) is 0. The van der Waals surface area contributed by atoms with E-state index in [9.17, 15) is 19.2 Å². The van der Waals surface area contributed by atoms with Crippen molar-refractivity contribution in [2.24, 2.45) is 5.16 Å². The van der Waals surface area contributed by atoms with Crippen LogP contribution in [0.3, 0.4) is 0 Å². The molecule has 0 saturated carbocycles. The molecular weight excluding hydrogens is 485 g/mol. The van der Waals surface area contributed by atoms with Crippen molar-refractivity contribution in [2.45, 2.75) is 18.4 Å². The van der Waals surface area contributed by atoms with Crippen LogP contribution in [0.25, 0.3) is 0 Å². The average molecular weight is 506 g/mol. The maximum Gasteiger partial charge on any atom is 0.341 e. The van der Waals surface area contributed by atoms with Crippen LogP contribution in [0.15, 0.2) is 53.7 Å². The summed E-state index contributed by atoms with van der Waals surface area (Å²) in [5.74, 6) is -1.97. The van der Waals surface area contributed by atoms with Crippen molar-refractivity contribution in [1.82, 2.24) is 10.6 Å². The number of amides is 2. The van der Waals surface area contributed by atoms with Crippen LogP contribution in [0, 0.1) is 0 Å². The second-order valence-corrected chi connectivity index (χ2v) is 8.29. The van der Waals surface area contributed by atoms with Crippen LogP contribution < -0.4 is 10.6 Å². The van der Waals surface area contributed by atoms with Gasteiger partial charge in [0.1, 0.15) is 0 Å². The monoisotopic (exact) mass is 505 g/mol. The van der Waals surface area contributed by atoms with Crippen LogP contribution in [0.1, 0.15) is 22.3 Å². The molecule has 1 aliphatic heterocycles. The maximum atomic E-state index is 13.1. The fourth-order valence-electron chi connectivity index (χ4n) is 3.32. The van der Waals surface area contributed by atoms with E-state index in [0.717, 1.165) is 5.56 Å². The lowest BCUT2D eigenvalue weighted by molar-refractivity contribution is -0.144. The van der Waals surface area contributed by atoms with E-state index in [1.54, 1.807) is 6.07 Å². The molecule has 3 rings (SSSR count). The number of Topliss-reactive ketones (excluding diaryl/α,β-unsaturated/α-hetero) is 1. The molecule has 0 spiro atoms. The molecule has 0 bridgehead atoms. The third kappa shape index (κ3) is 6.33. The van der Waals surface area contributed by atoms with Crippen LogP contribution in [-0.2, 0) is 30.4 Å². The first kappa shape index (κ1) is 25.2. The number of ether oxygens (including phenoxy) is 1. The first-order chi connectivity index (χ1) is 16.3. The summed E-state index contributed by atoms with van der Waals surface area (Å²) in [5.41, 5.74) is -0.120. The number of hydrogen-bond acceptors (Lipinski definition) is 7. The number of benzene rings is 2. The number of halogens is 2. The molecule has 2 aromatic carbocycles. The van der Waals surface area contributed by atoms with Crippen molar-refractivity contribution in [3.63, 3.8) is 0 Å². The van der Waals surface area contributed by atoms with E-state index < -0.39 is 36.4 Å². The van der Waals surface area contributed by atoms with Gasteiger partial charge < -0.3 is 20.2 Å². The van der Waals surface area contributed by atoms with E-state index >= 15 is 0 Å². The minimum absolute atomic E-state index is 0.0440. The van der Waals surface area contributed by atoms with Gasteiger partial charge in [0.25, 0.3) is 5.91 Å². The Kier molecular flexibility index (Phi) is 8.61. The summed E-state index contributed by atoms with van der Waals surface area (Å²) < 4.78 is 4.99. The molecule has 1 heterocycles. The minimum Gasteiger partial charge on any atom is -0.454 e. The number of carbonyl (C=O) groups excluding carboxylic acids is 4. The number of carbonyl (C=O) groups is 4. The van der Waals surface area contributed by atoms with Gasteiger partial charge >= 0.3 is 5.97 Å². The highest BCUT2D eigenvalue weighted by Crippen LogP contribution is 2.29. The third-order valence-electron chi connectivity index (χ3n) is 4.95. The second kappa shape index (κ2) is 11.6. The molecule has 0 saturated heterocycles. The van der Waals surface area contributed by atoms with Gasteiger partial charge in [-0.15, -0.1) is 0 Å². The minimum atomic E-state index is -1.39. The van der Waals surface area contributed by atoms with Gasteiger partial charge in [-0.2, -0.15) is 0 Å². The van der Waals surface area contributed by atoms with Crippen LogP contribution in [-0.4, -0.2) is 55.1 Å². The highest BCUT2D eigenvalue weighted by molar-refractivity contribution is 6.39. The summed E-state index contributed by atoms with van der Waals surface area (Å²) >= 11 is 11.9. The standard InChI is InChI=1S/C23H21Cl2N3O6/c24-18-7-4-8-19(25)20(18)21(31)33-13-17(30)12-27-22(32)23(9-15-5-2-1-3-6-15)10-16(28-34-23)11-26-14-29/h1-8,14H,9-13H2,(H,26,29)(H,27,32). The average Bonchev–Trinajstić information content (AvgIpc) is 3.24. The summed E-state index contributed by atoms with van der Waals surface area (Å²) in [5, 5.41) is 9.14. The van der Waals surface area contributed by atoms with Gasteiger partial charge in [-0.3, -0.25) is 14.4 Å². The van der Waals surface area contributed by atoms with Crippen LogP contribution in [0.5, 0.6) is 0 Å². The lowest BCUT2D eigenvalue weighted by atomic mass is 9.88. The first-order valence-electron chi connectivity index (χ1n) is 10.2. The fraction of sp³-hybridized carbons (Fsp3) is 0.261. The number of nitrogens with one attached hydrogen (secondary N) is 2. The first-order valence-corrected chi connectivity index (χ1v) is 11.0. The molecule has 1 unspecified atom stereocenters. The smallest absolute Gasteiger partial charge is 0.341 e. The molecule has 9 nitrogen and oxygen atoms in total. The van der Waals surface area contributed by atoms with Crippen molar-refractivity contribution in [3.8, 4) is 0 Å². The molecule has 0 aromatic heterocycles. The molecule has 0 fully saturated rings. The van der Waals surface area contributed by atoms with E-state index in [1.807, 2.05) is 30.3 Å². The van der Waals surface area contributed by atoms with Gasteiger partial charge in [-0.05, 0) is 17.7 Å². The molecule has 2 N–H and O–H groups in total. The highest BCUT2D eigenvalue weighted by Gasteiger charge is 2.46. The summed E-state index contributed by atoms with van der Waals surface area (Å²) in [6.07, 6.45) is 0.847. The number of hydrogen-bond donors (Lipinski definition) is 2. The maximum absolute atomic E-state index is 13.1. The van der Waals surface area contributed by atoms with Crippen molar-refractivity contribution in [1.29, 1.82) is 0 Å². The summed E-state index contributed by atoms with van der Waals surface area (Å²) in [6.45, 7) is -0.852. The number of ketones is 1. The van der Waals surface area contributed by atoms with E-state index in [0.29, 0.717) is 12.1 Å². The predicted octanol–water partition coefficient (Wildman–Crippen LogP) is 2.34. The quantitative estimate of drug-likeness (QED) is 0.356. The zero-order valence-corrected chi connectivity index (χ0v) is 19.4. The van der Waals surface area contributed by atoms with Crippen molar-refractivity contribution >= 4 is 53.0 Å². The van der Waals surface area contributed by atoms with Gasteiger partial charge in [-0.25, -0.2) is 4.79 Å². The van der Waals surface area contributed by atoms with Gasteiger partial charge in [0.15, 0.2) is 12.4 Å². The van der Waals surface area contributed by atoms with Crippen LogP contribution in [0.2, 0.25) is 10.0 Å². The van der Waals surface area contributed by atoms with E-state index in [-0.39, 0.29) is 35.0 Å². The topological polar surface area (TPSA) is 123 Å². The Hall–Kier alpha value is -3.43. The Balaban J connectivity index is 1.59. The van der Waals surface area contributed by atoms with Crippen molar-refractivity contribution in [2.75, 3.05) is 19.7 Å². The van der Waals surface area contributed by atoms with Gasteiger partial charge in [0, 0.05) is 12.8 Å². The SMILES string of the molecule is O=CNCC1=NOC(Cc2ccccc2)(C(=O)NCC(=O)COC(=O)c2c(Cl)cccc2Cl)C1. The Bertz CT molecular complexity index is 1090. The Labute approximate surface area is 205 Å². The van der Waals surface area contributed by atoms with Crippen LogP contribution >= 0.6 is 23.2 Å². The number of esters is 1. The van der Waals surface area contributed by atoms with E-state index in [1.165, 1.54) is 12.1 Å². The lowest BCUT2D eigenvalue weighted by Gasteiger charge is -2.25. The molecular formula is C23H21Cl2N3O6. The Morgan fingerprint density at radius 2 is 1.79 bits per heavy atom.